The highest BCUT2D eigenvalue weighted by Crippen LogP contribution is 2.30. The van der Waals surface area contributed by atoms with E-state index in [1.165, 1.54) is 0 Å². The van der Waals surface area contributed by atoms with Gasteiger partial charge in [-0.15, -0.1) is 0 Å². The zero-order valence-corrected chi connectivity index (χ0v) is 15.3. The van der Waals surface area contributed by atoms with Crippen molar-refractivity contribution in [2.45, 2.75) is 19.9 Å². The fourth-order valence-corrected chi connectivity index (χ4v) is 3.20. The van der Waals surface area contributed by atoms with Gasteiger partial charge in [0.25, 0.3) is 0 Å². The molecule has 26 heavy (non-hydrogen) atoms. The molecular formula is C19H24N4O3. The van der Waals surface area contributed by atoms with Crippen LogP contribution >= 0.6 is 0 Å². The van der Waals surface area contributed by atoms with Crippen LogP contribution in [0, 0.1) is 5.41 Å². The minimum atomic E-state index is -0.862. The zero-order chi connectivity index (χ0) is 18.9. The van der Waals surface area contributed by atoms with Crippen LogP contribution in [0.1, 0.15) is 18.9 Å². The minimum absolute atomic E-state index is 0.230. The van der Waals surface area contributed by atoms with Gasteiger partial charge in [0.15, 0.2) is 0 Å². The van der Waals surface area contributed by atoms with Gasteiger partial charge in [-0.3, -0.25) is 4.79 Å². The molecule has 1 fully saturated rings. The third-order valence-electron chi connectivity index (χ3n) is 4.95. The first-order valence-electron chi connectivity index (χ1n) is 8.62. The van der Waals surface area contributed by atoms with Gasteiger partial charge in [-0.25, -0.2) is 9.78 Å². The molecule has 2 amide bonds. The number of aromatic nitrogens is 1. The fourth-order valence-electron chi connectivity index (χ4n) is 3.20. The van der Waals surface area contributed by atoms with E-state index in [-0.39, 0.29) is 12.6 Å². The van der Waals surface area contributed by atoms with Gasteiger partial charge in [0.1, 0.15) is 5.82 Å². The molecule has 0 bridgehead atoms. The quantitative estimate of drug-likeness (QED) is 0.878. The summed E-state index contributed by atoms with van der Waals surface area (Å²) in [5, 5.41) is 13.2. The lowest BCUT2D eigenvalue weighted by molar-refractivity contribution is -0.147. The third-order valence-corrected chi connectivity index (χ3v) is 4.95. The van der Waals surface area contributed by atoms with Crippen LogP contribution in [0.2, 0.25) is 0 Å². The summed E-state index contributed by atoms with van der Waals surface area (Å²) in [6.07, 6.45) is 0.471. The number of pyridine rings is 1. The Balaban J connectivity index is 1.75. The number of amides is 2. The van der Waals surface area contributed by atoms with Gasteiger partial charge in [0.2, 0.25) is 0 Å². The summed E-state index contributed by atoms with van der Waals surface area (Å²) >= 11 is 0. The van der Waals surface area contributed by atoms with Gasteiger partial charge in [0, 0.05) is 39.1 Å². The first-order chi connectivity index (χ1) is 12.3. The summed E-state index contributed by atoms with van der Waals surface area (Å²) < 4.78 is 0. The number of likely N-dealkylation sites (tertiary alicyclic amines) is 1. The molecule has 1 aromatic carbocycles. The number of carbonyl (C=O) groups excluding carboxylic acids is 1. The highest BCUT2D eigenvalue weighted by Gasteiger charge is 2.42. The molecule has 1 aliphatic rings. The van der Waals surface area contributed by atoms with Crippen LogP contribution in [0.5, 0.6) is 0 Å². The first kappa shape index (κ1) is 18.0. The van der Waals surface area contributed by atoms with E-state index in [1.807, 2.05) is 49.3 Å². The lowest BCUT2D eigenvalue weighted by Crippen LogP contribution is -2.40. The summed E-state index contributed by atoms with van der Waals surface area (Å²) in [6.45, 7) is 2.73. The largest absolute Gasteiger partial charge is 0.481 e. The summed E-state index contributed by atoms with van der Waals surface area (Å²) in [5.41, 5.74) is 0.995. The molecule has 1 atom stereocenters. The Bertz CT molecular complexity index is 852. The maximum absolute atomic E-state index is 12.5. The molecule has 0 radical (unpaired) electrons. The Hall–Kier alpha value is -2.83. The van der Waals surface area contributed by atoms with E-state index in [2.05, 4.69) is 10.3 Å². The molecule has 1 saturated heterocycles. The number of hydrogen-bond acceptors (Lipinski definition) is 4. The molecule has 3 rings (SSSR count). The second-order valence-electron chi connectivity index (χ2n) is 7.25. The summed E-state index contributed by atoms with van der Waals surface area (Å²) in [5.74, 6) is -0.0314. The van der Waals surface area contributed by atoms with Crippen LogP contribution in [0.25, 0.3) is 10.9 Å². The average Bonchev–Trinajstić information content (AvgIpc) is 3.03. The van der Waals surface area contributed by atoms with Crippen LogP contribution in [0.4, 0.5) is 10.6 Å². The molecule has 138 valence electrons. The molecule has 1 aromatic heterocycles. The van der Waals surface area contributed by atoms with Crippen molar-refractivity contribution in [3.8, 4) is 0 Å². The fraction of sp³-hybridized carbons (Fsp3) is 0.421. The van der Waals surface area contributed by atoms with E-state index in [0.29, 0.717) is 19.5 Å². The molecule has 2 N–H and O–H groups in total. The second-order valence-corrected chi connectivity index (χ2v) is 7.25. The van der Waals surface area contributed by atoms with E-state index in [9.17, 15) is 14.7 Å². The van der Waals surface area contributed by atoms with Gasteiger partial charge in [-0.2, -0.15) is 0 Å². The summed E-state index contributed by atoms with van der Waals surface area (Å²) in [7, 11) is 3.85. The van der Waals surface area contributed by atoms with Gasteiger partial charge >= 0.3 is 12.0 Å². The average molecular weight is 356 g/mol. The van der Waals surface area contributed by atoms with Crippen molar-refractivity contribution in [2.75, 3.05) is 32.1 Å². The number of nitrogens with zero attached hydrogens (tertiary/aromatic N) is 3. The first-order valence-corrected chi connectivity index (χ1v) is 8.62. The molecule has 2 aromatic rings. The lowest BCUT2D eigenvalue weighted by atomic mass is 9.90. The number of carboxylic acids is 1. The van der Waals surface area contributed by atoms with Crippen molar-refractivity contribution < 1.29 is 14.7 Å². The van der Waals surface area contributed by atoms with Gasteiger partial charge in [-0.1, -0.05) is 18.2 Å². The maximum atomic E-state index is 12.5. The Morgan fingerprint density at radius 3 is 2.73 bits per heavy atom. The molecule has 1 unspecified atom stereocenters. The van der Waals surface area contributed by atoms with E-state index in [1.54, 1.807) is 11.8 Å². The number of rotatable bonds is 4. The highest BCUT2D eigenvalue weighted by atomic mass is 16.4. The Kier molecular flexibility index (Phi) is 4.71. The molecule has 7 heteroatoms. The standard InChI is InChI=1S/C19H24N4O3/c1-19(17(24)25)8-9-23(12-19)18(26)20-11-13-10-16(22(2)3)21-15-7-5-4-6-14(13)15/h4-7,10H,8-9,11-12H2,1-3H3,(H,20,26)(H,24,25). The van der Waals surface area contributed by atoms with Crippen LogP contribution in [-0.2, 0) is 11.3 Å². The Morgan fingerprint density at radius 1 is 1.35 bits per heavy atom. The normalized spacial score (nSPS) is 19.6. The Morgan fingerprint density at radius 2 is 2.08 bits per heavy atom. The molecule has 1 aliphatic heterocycles. The maximum Gasteiger partial charge on any atom is 0.317 e. The Labute approximate surface area is 152 Å². The molecule has 0 aliphatic carbocycles. The van der Waals surface area contributed by atoms with Crippen molar-refractivity contribution in [3.63, 3.8) is 0 Å². The number of benzene rings is 1. The monoisotopic (exact) mass is 356 g/mol. The SMILES string of the molecule is CN(C)c1cc(CNC(=O)N2CCC(C)(C(=O)O)C2)c2ccccc2n1. The summed E-state index contributed by atoms with van der Waals surface area (Å²) in [4.78, 5) is 31.9. The molecule has 0 spiro atoms. The van der Waals surface area contributed by atoms with E-state index in [4.69, 9.17) is 0 Å². The number of para-hydroxylation sites is 1. The number of hydrogen-bond donors (Lipinski definition) is 2. The summed E-state index contributed by atoms with van der Waals surface area (Å²) in [6, 6.07) is 9.56. The molecule has 2 heterocycles. The minimum Gasteiger partial charge on any atom is -0.481 e. The van der Waals surface area contributed by atoms with Crippen molar-refractivity contribution in [2.24, 2.45) is 5.41 Å². The van der Waals surface area contributed by atoms with E-state index >= 15 is 0 Å². The molecule has 7 nitrogen and oxygen atoms in total. The third kappa shape index (κ3) is 3.42. The number of fused-ring (bicyclic) bond motifs is 1. The number of anilines is 1. The lowest BCUT2D eigenvalue weighted by Gasteiger charge is -2.21. The van der Waals surface area contributed by atoms with Crippen molar-refractivity contribution in [1.82, 2.24) is 15.2 Å². The van der Waals surface area contributed by atoms with E-state index < -0.39 is 11.4 Å². The zero-order valence-electron chi connectivity index (χ0n) is 15.3. The van der Waals surface area contributed by atoms with Gasteiger partial charge in [0.05, 0.1) is 10.9 Å². The predicted octanol–water partition coefficient (Wildman–Crippen LogP) is 2.31. The topological polar surface area (TPSA) is 85.8 Å². The van der Waals surface area contributed by atoms with Crippen molar-refractivity contribution in [3.05, 3.63) is 35.9 Å². The molecule has 0 saturated carbocycles. The van der Waals surface area contributed by atoms with Crippen molar-refractivity contribution >= 4 is 28.7 Å². The number of nitrogens with one attached hydrogen (secondary N) is 1. The van der Waals surface area contributed by atoms with Gasteiger partial charge < -0.3 is 20.2 Å². The number of carbonyl (C=O) groups is 2. The van der Waals surface area contributed by atoms with Crippen LogP contribution < -0.4 is 10.2 Å². The predicted molar refractivity (Wildman–Crippen MR) is 100 cm³/mol. The number of aliphatic carboxylic acids is 1. The van der Waals surface area contributed by atoms with E-state index in [0.717, 1.165) is 22.3 Å². The highest BCUT2D eigenvalue weighted by molar-refractivity contribution is 5.85. The number of urea groups is 1. The smallest absolute Gasteiger partial charge is 0.317 e. The van der Waals surface area contributed by atoms with Crippen LogP contribution in [-0.4, -0.2) is 54.2 Å². The van der Waals surface area contributed by atoms with Crippen LogP contribution in [0.15, 0.2) is 30.3 Å². The molecular weight excluding hydrogens is 332 g/mol. The van der Waals surface area contributed by atoms with Gasteiger partial charge in [-0.05, 0) is 31.0 Å². The van der Waals surface area contributed by atoms with Crippen LogP contribution in [0.3, 0.4) is 0 Å². The number of carboxylic acid groups (broad SMARTS) is 1. The van der Waals surface area contributed by atoms with Crippen molar-refractivity contribution in [1.29, 1.82) is 0 Å². The second kappa shape index (κ2) is 6.82.